The van der Waals surface area contributed by atoms with Crippen molar-refractivity contribution >= 4 is 0 Å². The van der Waals surface area contributed by atoms with E-state index in [1.54, 1.807) is 0 Å². The van der Waals surface area contributed by atoms with Gasteiger partial charge in [-0.05, 0) is 12.0 Å². The minimum absolute atomic E-state index is 0.145. The predicted octanol–water partition coefficient (Wildman–Crippen LogP) is -1.38. The van der Waals surface area contributed by atoms with Crippen LogP contribution in [0.4, 0.5) is 0 Å². The number of rotatable bonds is 1. The molecule has 3 unspecified atom stereocenters. The summed E-state index contributed by atoms with van der Waals surface area (Å²) in [6.45, 7) is -0.378. The molecule has 0 fully saturated rings. The maximum atomic E-state index is 9.20. The molecule has 4 nitrogen and oxygen atoms in total. The number of allylic oxidation sites excluding steroid dienone is 1. The van der Waals surface area contributed by atoms with E-state index in [1.165, 1.54) is 6.08 Å². The fourth-order valence-electron chi connectivity index (χ4n) is 0.973. The van der Waals surface area contributed by atoms with Gasteiger partial charge in [0.15, 0.2) is 11.9 Å². The van der Waals surface area contributed by atoms with Gasteiger partial charge in [-0.3, -0.25) is 0 Å². The van der Waals surface area contributed by atoms with Crippen LogP contribution in [0.1, 0.15) is 0 Å². The molecule has 12 heavy (non-hydrogen) atoms. The van der Waals surface area contributed by atoms with E-state index in [4.69, 9.17) is 21.4 Å². The number of aliphatic hydroxyl groups excluding tert-OH is 3. The number of ether oxygens (including phenoxy) is 1. The van der Waals surface area contributed by atoms with E-state index in [0.29, 0.717) is 0 Å². The average molecular weight is 170 g/mol. The Morgan fingerprint density at radius 1 is 1.58 bits per heavy atom. The smallest absolute Gasteiger partial charge is 0.169 e. The highest BCUT2D eigenvalue weighted by molar-refractivity contribution is 5.23. The lowest BCUT2D eigenvalue weighted by molar-refractivity contribution is -0.0868. The molecule has 66 valence electrons. The number of hydrogen-bond donors (Lipinski definition) is 3. The first kappa shape index (κ1) is 9.07. The molecule has 0 amide bonds. The highest BCUT2D eigenvalue weighted by Crippen LogP contribution is 2.16. The Labute approximate surface area is 70.1 Å². The summed E-state index contributed by atoms with van der Waals surface area (Å²) in [5.74, 6) is 2.32. The van der Waals surface area contributed by atoms with Gasteiger partial charge in [-0.25, -0.2) is 0 Å². The van der Waals surface area contributed by atoms with Gasteiger partial charge < -0.3 is 20.1 Å². The second-order valence-corrected chi connectivity index (χ2v) is 2.50. The van der Waals surface area contributed by atoms with E-state index < -0.39 is 18.3 Å². The van der Waals surface area contributed by atoms with Crippen LogP contribution >= 0.6 is 0 Å². The Hall–Kier alpha value is -1.02. The van der Waals surface area contributed by atoms with E-state index in [2.05, 4.69) is 5.92 Å². The van der Waals surface area contributed by atoms with Gasteiger partial charge in [-0.15, -0.1) is 6.42 Å². The monoisotopic (exact) mass is 170 g/mol. The molecule has 0 saturated heterocycles. The predicted molar refractivity (Wildman–Crippen MR) is 40.9 cm³/mol. The van der Waals surface area contributed by atoms with Gasteiger partial charge in [0.1, 0.15) is 12.2 Å². The first-order valence-electron chi connectivity index (χ1n) is 3.51. The lowest BCUT2D eigenvalue weighted by Gasteiger charge is -2.28. The van der Waals surface area contributed by atoms with Crippen LogP contribution in [-0.4, -0.2) is 40.2 Å². The van der Waals surface area contributed by atoms with Gasteiger partial charge in [0.2, 0.25) is 0 Å². The molecule has 0 aromatic carbocycles. The molecule has 0 radical (unpaired) electrons. The van der Waals surface area contributed by atoms with Crippen molar-refractivity contribution in [1.29, 1.82) is 0 Å². The SMILES string of the molecule is C#CC1=CC(O)C(O)C(CO)O1. The molecule has 0 aliphatic carbocycles. The summed E-state index contributed by atoms with van der Waals surface area (Å²) in [4.78, 5) is 0. The molecule has 1 rings (SSSR count). The fourth-order valence-corrected chi connectivity index (χ4v) is 0.973. The quantitative estimate of drug-likeness (QED) is 0.424. The van der Waals surface area contributed by atoms with Gasteiger partial charge in [-0.1, -0.05) is 0 Å². The standard InChI is InChI=1S/C8H10O4/c1-2-5-3-6(10)8(11)7(4-9)12-5/h1,3,6-11H,4H2. The molecular weight excluding hydrogens is 160 g/mol. The second-order valence-electron chi connectivity index (χ2n) is 2.50. The van der Waals surface area contributed by atoms with Gasteiger partial charge >= 0.3 is 0 Å². The van der Waals surface area contributed by atoms with Crippen molar-refractivity contribution in [3.63, 3.8) is 0 Å². The topological polar surface area (TPSA) is 69.9 Å². The highest BCUT2D eigenvalue weighted by atomic mass is 16.5. The second kappa shape index (κ2) is 3.59. The third-order valence-corrected chi connectivity index (χ3v) is 1.65. The zero-order valence-electron chi connectivity index (χ0n) is 6.34. The molecule has 4 heteroatoms. The van der Waals surface area contributed by atoms with Gasteiger partial charge in [0.25, 0.3) is 0 Å². The Morgan fingerprint density at radius 2 is 2.25 bits per heavy atom. The zero-order chi connectivity index (χ0) is 9.14. The Bertz CT molecular complexity index is 228. The van der Waals surface area contributed by atoms with Crippen molar-refractivity contribution < 1.29 is 20.1 Å². The van der Waals surface area contributed by atoms with Crippen molar-refractivity contribution in [2.75, 3.05) is 6.61 Å². The summed E-state index contributed by atoms with van der Waals surface area (Å²) in [5, 5.41) is 27.1. The molecule has 3 atom stereocenters. The summed E-state index contributed by atoms with van der Waals surface area (Å²) in [5.41, 5.74) is 0. The number of hydrogen-bond acceptors (Lipinski definition) is 4. The summed E-state index contributed by atoms with van der Waals surface area (Å²) < 4.78 is 4.93. The summed E-state index contributed by atoms with van der Waals surface area (Å²) >= 11 is 0. The van der Waals surface area contributed by atoms with E-state index in [0.717, 1.165) is 0 Å². The van der Waals surface area contributed by atoms with E-state index in [9.17, 15) is 5.11 Å². The third-order valence-electron chi connectivity index (χ3n) is 1.65. The minimum Gasteiger partial charge on any atom is -0.477 e. The zero-order valence-corrected chi connectivity index (χ0v) is 6.34. The van der Waals surface area contributed by atoms with Gasteiger partial charge in [-0.2, -0.15) is 0 Å². The first-order chi connectivity index (χ1) is 5.69. The van der Waals surface area contributed by atoms with Crippen LogP contribution < -0.4 is 0 Å². The molecule has 0 aromatic rings. The number of terminal acetylenes is 1. The van der Waals surface area contributed by atoms with Gasteiger partial charge in [0, 0.05) is 0 Å². The molecule has 1 aliphatic rings. The Kier molecular flexibility index (Phi) is 2.71. The molecule has 1 aliphatic heterocycles. The van der Waals surface area contributed by atoms with Crippen LogP contribution in [0.2, 0.25) is 0 Å². The van der Waals surface area contributed by atoms with Gasteiger partial charge in [0.05, 0.1) is 6.61 Å². The van der Waals surface area contributed by atoms with Crippen molar-refractivity contribution in [2.45, 2.75) is 18.3 Å². The Balaban J connectivity index is 2.77. The number of aliphatic hydroxyl groups is 3. The molecular formula is C8H10O4. The molecule has 0 aromatic heterocycles. The molecule has 1 heterocycles. The first-order valence-corrected chi connectivity index (χ1v) is 3.51. The average Bonchev–Trinajstić information content (AvgIpc) is 2.09. The van der Waals surface area contributed by atoms with Crippen LogP contribution in [0.3, 0.4) is 0 Å². The van der Waals surface area contributed by atoms with Crippen molar-refractivity contribution in [2.24, 2.45) is 0 Å². The minimum atomic E-state index is -1.12. The lowest BCUT2D eigenvalue weighted by atomic mass is 10.1. The molecule has 0 spiro atoms. The van der Waals surface area contributed by atoms with Crippen molar-refractivity contribution in [3.05, 3.63) is 11.8 Å². The molecule has 0 saturated carbocycles. The van der Waals surface area contributed by atoms with Crippen molar-refractivity contribution in [3.8, 4) is 12.3 Å². The highest BCUT2D eigenvalue weighted by Gasteiger charge is 2.31. The maximum Gasteiger partial charge on any atom is 0.169 e. The van der Waals surface area contributed by atoms with Crippen LogP contribution in [0.5, 0.6) is 0 Å². The fraction of sp³-hybridized carbons (Fsp3) is 0.500. The normalized spacial score (nSPS) is 34.8. The largest absolute Gasteiger partial charge is 0.477 e. The van der Waals surface area contributed by atoms with E-state index in [-0.39, 0.29) is 12.4 Å². The van der Waals surface area contributed by atoms with Crippen LogP contribution in [-0.2, 0) is 4.74 Å². The van der Waals surface area contributed by atoms with Crippen LogP contribution in [0, 0.1) is 12.3 Å². The summed E-state index contributed by atoms with van der Waals surface area (Å²) in [6, 6.07) is 0. The summed E-state index contributed by atoms with van der Waals surface area (Å²) in [7, 11) is 0. The summed E-state index contributed by atoms with van der Waals surface area (Å²) in [6.07, 6.45) is 3.22. The van der Waals surface area contributed by atoms with Crippen molar-refractivity contribution in [1.82, 2.24) is 0 Å². The van der Waals surface area contributed by atoms with E-state index >= 15 is 0 Å². The van der Waals surface area contributed by atoms with Crippen LogP contribution in [0.15, 0.2) is 11.8 Å². The maximum absolute atomic E-state index is 9.20. The molecule has 3 N–H and O–H groups in total. The van der Waals surface area contributed by atoms with Crippen LogP contribution in [0.25, 0.3) is 0 Å². The third kappa shape index (κ3) is 1.59. The van der Waals surface area contributed by atoms with E-state index in [1.807, 2.05) is 0 Å². The lowest BCUT2D eigenvalue weighted by Crippen LogP contribution is -2.43. The molecule has 0 bridgehead atoms. The Morgan fingerprint density at radius 3 is 2.75 bits per heavy atom.